The maximum atomic E-state index is 11.8. The van der Waals surface area contributed by atoms with Crippen molar-refractivity contribution < 1.29 is 14.3 Å². The summed E-state index contributed by atoms with van der Waals surface area (Å²) in [5, 5.41) is 5.19. The summed E-state index contributed by atoms with van der Waals surface area (Å²) in [7, 11) is 1.61. The third-order valence-corrected chi connectivity index (χ3v) is 3.51. The molecule has 1 heterocycles. The number of nitrogens with one attached hydrogen (secondary N) is 2. The Balaban J connectivity index is 1.75. The molecule has 0 unspecified atom stereocenters. The summed E-state index contributed by atoms with van der Waals surface area (Å²) in [6.45, 7) is 2.58. The molecule has 0 saturated heterocycles. The van der Waals surface area contributed by atoms with Crippen LogP contribution in [0.2, 0.25) is 0 Å². The van der Waals surface area contributed by atoms with Crippen LogP contribution in [0.25, 0.3) is 0 Å². The van der Waals surface area contributed by atoms with E-state index in [1.807, 2.05) is 43.3 Å². The van der Waals surface area contributed by atoms with E-state index in [4.69, 9.17) is 4.74 Å². The Bertz CT molecular complexity index is 702. The van der Waals surface area contributed by atoms with E-state index in [0.29, 0.717) is 13.0 Å². The number of carbonyl (C=O) groups excluding carboxylic acids is 2. The van der Waals surface area contributed by atoms with Crippen molar-refractivity contribution in [3.05, 3.63) is 59.4 Å². The molecule has 0 saturated carbocycles. The number of carbonyl (C=O) groups is 2. The molecular formula is C18H21N3O3. The second kappa shape index (κ2) is 8.67. The van der Waals surface area contributed by atoms with Gasteiger partial charge in [0.2, 0.25) is 0 Å². The molecule has 2 aromatic rings. The summed E-state index contributed by atoms with van der Waals surface area (Å²) in [5.41, 5.74) is 2.75. The number of methoxy groups -OCH3 is 1. The Hall–Kier alpha value is -2.89. The van der Waals surface area contributed by atoms with Crippen LogP contribution < -0.4 is 15.4 Å². The standard InChI is InChI=1S/C18H21N3O3/c1-13-11-14(6-7-16(13)24-2)12-21-18(23)17(22)20-10-8-15-5-3-4-9-19-15/h3-7,9,11H,8,10,12H2,1-2H3,(H,20,22)(H,21,23). The predicted octanol–water partition coefficient (Wildman–Crippen LogP) is 1.37. The third-order valence-electron chi connectivity index (χ3n) is 3.51. The zero-order valence-electron chi connectivity index (χ0n) is 13.8. The molecule has 0 radical (unpaired) electrons. The van der Waals surface area contributed by atoms with Crippen molar-refractivity contribution in [3.63, 3.8) is 0 Å². The number of aryl methyl sites for hydroxylation is 1. The molecule has 0 bridgehead atoms. The summed E-state index contributed by atoms with van der Waals surface area (Å²) in [6, 6.07) is 11.2. The van der Waals surface area contributed by atoms with E-state index in [-0.39, 0.29) is 6.54 Å². The van der Waals surface area contributed by atoms with Crippen LogP contribution in [0, 0.1) is 6.92 Å². The summed E-state index contributed by atoms with van der Waals surface area (Å²) in [4.78, 5) is 27.7. The molecule has 1 aromatic heterocycles. The van der Waals surface area contributed by atoms with E-state index >= 15 is 0 Å². The number of pyridine rings is 1. The van der Waals surface area contributed by atoms with E-state index in [2.05, 4.69) is 15.6 Å². The topological polar surface area (TPSA) is 80.3 Å². The van der Waals surface area contributed by atoms with Crippen molar-refractivity contribution >= 4 is 11.8 Å². The zero-order valence-corrected chi connectivity index (χ0v) is 13.8. The average Bonchev–Trinajstić information content (AvgIpc) is 2.60. The summed E-state index contributed by atoms with van der Waals surface area (Å²) >= 11 is 0. The molecule has 24 heavy (non-hydrogen) atoms. The van der Waals surface area contributed by atoms with Gasteiger partial charge in [-0.2, -0.15) is 0 Å². The number of ether oxygens (including phenoxy) is 1. The quantitative estimate of drug-likeness (QED) is 0.786. The van der Waals surface area contributed by atoms with Crippen molar-refractivity contribution in [2.75, 3.05) is 13.7 Å². The first-order valence-corrected chi connectivity index (χ1v) is 7.69. The number of aromatic nitrogens is 1. The Morgan fingerprint density at radius 3 is 2.58 bits per heavy atom. The Labute approximate surface area is 141 Å². The highest BCUT2D eigenvalue weighted by molar-refractivity contribution is 6.35. The fourth-order valence-corrected chi connectivity index (χ4v) is 2.24. The van der Waals surface area contributed by atoms with Gasteiger partial charge >= 0.3 is 11.8 Å². The van der Waals surface area contributed by atoms with Gasteiger partial charge in [-0.05, 0) is 36.2 Å². The lowest BCUT2D eigenvalue weighted by atomic mass is 10.1. The smallest absolute Gasteiger partial charge is 0.309 e. The highest BCUT2D eigenvalue weighted by Crippen LogP contribution is 2.18. The first-order valence-electron chi connectivity index (χ1n) is 7.69. The van der Waals surface area contributed by atoms with Gasteiger partial charge in [0, 0.05) is 31.4 Å². The summed E-state index contributed by atoms with van der Waals surface area (Å²) in [5.74, 6) is -0.502. The average molecular weight is 327 g/mol. The van der Waals surface area contributed by atoms with E-state index < -0.39 is 11.8 Å². The second-order valence-corrected chi connectivity index (χ2v) is 5.31. The minimum atomic E-state index is -0.649. The second-order valence-electron chi connectivity index (χ2n) is 5.31. The molecule has 2 rings (SSSR count). The number of amides is 2. The van der Waals surface area contributed by atoms with E-state index in [1.54, 1.807) is 13.3 Å². The number of hydrogen-bond donors (Lipinski definition) is 2. The SMILES string of the molecule is COc1ccc(CNC(=O)C(=O)NCCc2ccccn2)cc1C. The Morgan fingerprint density at radius 2 is 1.92 bits per heavy atom. The molecule has 0 aliphatic rings. The van der Waals surface area contributed by atoms with Gasteiger partial charge in [0.25, 0.3) is 0 Å². The Kier molecular flexibility index (Phi) is 6.31. The largest absolute Gasteiger partial charge is 0.496 e. The normalized spacial score (nSPS) is 10.1. The number of rotatable bonds is 6. The molecule has 0 spiro atoms. The van der Waals surface area contributed by atoms with Gasteiger partial charge in [0.1, 0.15) is 5.75 Å². The molecule has 0 aliphatic carbocycles. The molecular weight excluding hydrogens is 306 g/mol. The first kappa shape index (κ1) is 17.5. The predicted molar refractivity (Wildman–Crippen MR) is 90.5 cm³/mol. The minimum Gasteiger partial charge on any atom is -0.496 e. The first-order chi connectivity index (χ1) is 11.6. The van der Waals surface area contributed by atoms with Crippen LogP contribution in [-0.2, 0) is 22.6 Å². The maximum absolute atomic E-state index is 11.8. The maximum Gasteiger partial charge on any atom is 0.309 e. The number of benzene rings is 1. The van der Waals surface area contributed by atoms with Crippen LogP contribution in [0.4, 0.5) is 0 Å². The van der Waals surface area contributed by atoms with Crippen molar-refractivity contribution in [2.45, 2.75) is 19.9 Å². The molecule has 2 N–H and O–H groups in total. The van der Waals surface area contributed by atoms with Gasteiger partial charge in [-0.25, -0.2) is 0 Å². The number of hydrogen-bond acceptors (Lipinski definition) is 4. The molecule has 0 fully saturated rings. The van der Waals surface area contributed by atoms with E-state index in [1.165, 1.54) is 0 Å². The molecule has 0 atom stereocenters. The van der Waals surface area contributed by atoms with Crippen LogP contribution in [0.15, 0.2) is 42.6 Å². The molecule has 1 aromatic carbocycles. The molecule has 126 valence electrons. The summed E-state index contributed by atoms with van der Waals surface area (Å²) < 4.78 is 5.19. The van der Waals surface area contributed by atoms with Crippen molar-refractivity contribution in [3.8, 4) is 5.75 Å². The van der Waals surface area contributed by atoms with Crippen LogP contribution >= 0.6 is 0 Å². The lowest BCUT2D eigenvalue weighted by Gasteiger charge is -2.09. The van der Waals surface area contributed by atoms with Crippen LogP contribution in [0.3, 0.4) is 0 Å². The van der Waals surface area contributed by atoms with Gasteiger partial charge < -0.3 is 15.4 Å². The molecule has 6 heteroatoms. The van der Waals surface area contributed by atoms with Crippen LogP contribution in [0.5, 0.6) is 5.75 Å². The van der Waals surface area contributed by atoms with Gasteiger partial charge in [0.15, 0.2) is 0 Å². The van der Waals surface area contributed by atoms with Crippen molar-refractivity contribution in [1.82, 2.24) is 15.6 Å². The fraction of sp³-hybridized carbons (Fsp3) is 0.278. The molecule has 2 amide bonds. The van der Waals surface area contributed by atoms with Gasteiger partial charge in [-0.3, -0.25) is 14.6 Å². The van der Waals surface area contributed by atoms with Crippen LogP contribution in [-0.4, -0.2) is 30.5 Å². The highest BCUT2D eigenvalue weighted by Gasteiger charge is 2.12. The summed E-state index contributed by atoms with van der Waals surface area (Å²) in [6.07, 6.45) is 2.28. The fourth-order valence-electron chi connectivity index (χ4n) is 2.24. The highest BCUT2D eigenvalue weighted by atomic mass is 16.5. The monoisotopic (exact) mass is 327 g/mol. The lowest BCUT2D eigenvalue weighted by molar-refractivity contribution is -0.139. The van der Waals surface area contributed by atoms with Crippen LogP contribution in [0.1, 0.15) is 16.8 Å². The Morgan fingerprint density at radius 1 is 1.12 bits per heavy atom. The van der Waals surface area contributed by atoms with Crippen molar-refractivity contribution in [1.29, 1.82) is 0 Å². The zero-order chi connectivity index (χ0) is 17.4. The number of nitrogens with zero attached hydrogens (tertiary/aromatic N) is 1. The van der Waals surface area contributed by atoms with Crippen molar-refractivity contribution in [2.24, 2.45) is 0 Å². The van der Waals surface area contributed by atoms with Gasteiger partial charge in [-0.15, -0.1) is 0 Å². The van der Waals surface area contributed by atoms with E-state index in [0.717, 1.165) is 22.6 Å². The molecule has 0 aliphatic heterocycles. The third kappa shape index (κ3) is 5.08. The lowest BCUT2D eigenvalue weighted by Crippen LogP contribution is -2.40. The minimum absolute atomic E-state index is 0.289. The van der Waals surface area contributed by atoms with E-state index in [9.17, 15) is 9.59 Å². The van der Waals surface area contributed by atoms with Gasteiger partial charge in [-0.1, -0.05) is 18.2 Å². The van der Waals surface area contributed by atoms with Gasteiger partial charge in [0.05, 0.1) is 7.11 Å². The molecule has 6 nitrogen and oxygen atoms in total.